The Hall–Kier alpha value is -0.810. The zero-order chi connectivity index (χ0) is 10.4. The fraction of sp³-hybridized carbons (Fsp3) is 0.889. The molecular formula is C9H20N4O. The molecule has 82 valence electrons. The Balaban J connectivity index is 2.17. The van der Waals surface area contributed by atoms with E-state index in [4.69, 9.17) is 5.73 Å². The molecular weight excluding hydrogens is 180 g/mol. The highest BCUT2D eigenvalue weighted by molar-refractivity contribution is 5.73. The van der Waals surface area contributed by atoms with E-state index in [1.165, 1.54) is 0 Å². The van der Waals surface area contributed by atoms with Crippen molar-refractivity contribution in [2.24, 2.45) is 5.73 Å². The van der Waals surface area contributed by atoms with Crippen LogP contribution >= 0.6 is 0 Å². The van der Waals surface area contributed by atoms with E-state index >= 15 is 0 Å². The second kappa shape index (κ2) is 5.82. The van der Waals surface area contributed by atoms with Crippen LogP contribution in [0.25, 0.3) is 0 Å². The van der Waals surface area contributed by atoms with Crippen molar-refractivity contribution in [2.45, 2.75) is 18.9 Å². The number of urea groups is 1. The molecule has 0 aromatic rings. The van der Waals surface area contributed by atoms with Gasteiger partial charge in [0.1, 0.15) is 0 Å². The standard InChI is InChI=1S/C9H20N4O/c1-11-9(14)12-8-3-6-13(7-8)5-2-4-10/h8H,2-7,10H2,1H3,(H2,11,12,14)/t8-/m0/s1. The molecule has 0 bridgehead atoms. The lowest BCUT2D eigenvalue weighted by molar-refractivity contribution is 0.238. The number of nitrogens with two attached hydrogens (primary N) is 1. The number of carbonyl (C=O) groups is 1. The minimum absolute atomic E-state index is 0.0873. The van der Waals surface area contributed by atoms with Gasteiger partial charge in [-0.15, -0.1) is 0 Å². The molecule has 0 saturated carbocycles. The van der Waals surface area contributed by atoms with Gasteiger partial charge in [-0.05, 0) is 25.9 Å². The van der Waals surface area contributed by atoms with Crippen molar-refractivity contribution in [1.82, 2.24) is 15.5 Å². The summed E-state index contributed by atoms with van der Waals surface area (Å²) in [5, 5.41) is 5.47. The van der Waals surface area contributed by atoms with Gasteiger partial charge in [-0.25, -0.2) is 4.79 Å². The molecule has 1 saturated heterocycles. The first-order valence-corrected chi connectivity index (χ1v) is 5.17. The lowest BCUT2D eigenvalue weighted by atomic mass is 10.3. The summed E-state index contributed by atoms with van der Waals surface area (Å²) in [6, 6.07) is 0.211. The monoisotopic (exact) mass is 200 g/mol. The Bertz CT molecular complexity index is 186. The van der Waals surface area contributed by atoms with Gasteiger partial charge >= 0.3 is 6.03 Å². The van der Waals surface area contributed by atoms with Crippen LogP contribution in [0.2, 0.25) is 0 Å². The van der Waals surface area contributed by atoms with Gasteiger partial charge in [-0.3, -0.25) is 0 Å². The Morgan fingerprint density at radius 3 is 3.07 bits per heavy atom. The molecule has 1 fully saturated rings. The number of hydrogen-bond acceptors (Lipinski definition) is 3. The number of nitrogens with zero attached hydrogens (tertiary/aromatic N) is 1. The summed E-state index contributed by atoms with van der Waals surface area (Å²) in [5.41, 5.74) is 5.44. The van der Waals surface area contributed by atoms with E-state index in [0.29, 0.717) is 6.04 Å². The first kappa shape index (κ1) is 11.3. The summed E-state index contributed by atoms with van der Waals surface area (Å²) in [7, 11) is 1.64. The maximum absolute atomic E-state index is 11.0. The van der Waals surface area contributed by atoms with E-state index in [1.54, 1.807) is 7.05 Å². The predicted molar refractivity (Wildman–Crippen MR) is 56.1 cm³/mol. The summed E-state index contributed by atoms with van der Waals surface area (Å²) in [6.45, 7) is 3.80. The first-order valence-electron chi connectivity index (χ1n) is 5.17. The molecule has 0 aliphatic carbocycles. The van der Waals surface area contributed by atoms with Gasteiger partial charge in [0, 0.05) is 26.2 Å². The maximum Gasteiger partial charge on any atom is 0.314 e. The molecule has 0 unspecified atom stereocenters. The molecule has 0 aromatic heterocycles. The lowest BCUT2D eigenvalue weighted by Gasteiger charge is -2.15. The van der Waals surface area contributed by atoms with Crippen molar-refractivity contribution in [1.29, 1.82) is 0 Å². The van der Waals surface area contributed by atoms with Gasteiger partial charge < -0.3 is 21.3 Å². The highest BCUT2D eigenvalue weighted by Gasteiger charge is 2.22. The number of amides is 2. The van der Waals surface area contributed by atoms with E-state index < -0.39 is 0 Å². The van der Waals surface area contributed by atoms with Crippen molar-refractivity contribution in [3.05, 3.63) is 0 Å². The van der Waals surface area contributed by atoms with Crippen molar-refractivity contribution in [2.75, 3.05) is 33.2 Å². The fourth-order valence-corrected chi connectivity index (χ4v) is 1.73. The minimum atomic E-state index is -0.0873. The van der Waals surface area contributed by atoms with Crippen molar-refractivity contribution < 1.29 is 4.79 Å². The molecule has 5 nitrogen and oxygen atoms in total. The van der Waals surface area contributed by atoms with Gasteiger partial charge in [-0.1, -0.05) is 0 Å². The number of carbonyl (C=O) groups excluding carboxylic acids is 1. The fourth-order valence-electron chi connectivity index (χ4n) is 1.73. The molecule has 1 rings (SSSR count). The SMILES string of the molecule is CNC(=O)N[C@H]1CCN(CCCN)C1. The number of likely N-dealkylation sites (tertiary alicyclic amines) is 1. The normalized spacial score (nSPS) is 22.3. The first-order chi connectivity index (χ1) is 6.76. The van der Waals surface area contributed by atoms with Crippen LogP contribution in [0.3, 0.4) is 0 Å². The third-order valence-corrected chi connectivity index (χ3v) is 2.51. The zero-order valence-electron chi connectivity index (χ0n) is 8.75. The predicted octanol–water partition coefficient (Wildman–Crippen LogP) is -0.661. The van der Waals surface area contributed by atoms with E-state index in [9.17, 15) is 4.79 Å². The second-order valence-electron chi connectivity index (χ2n) is 3.65. The molecule has 1 atom stereocenters. The van der Waals surface area contributed by atoms with Crippen molar-refractivity contribution in [3.63, 3.8) is 0 Å². The summed E-state index contributed by atoms with van der Waals surface area (Å²) >= 11 is 0. The quantitative estimate of drug-likeness (QED) is 0.564. The minimum Gasteiger partial charge on any atom is -0.341 e. The van der Waals surface area contributed by atoms with E-state index in [0.717, 1.165) is 39.0 Å². The second-order valence-corrected chi connectivity index (χ2v) is 3.65. The van der Waals surface area contributed by atoms with Crippen molar-refractivity contribution >= 4 is 6.03 Å². The third kappa shape index (κ3) is 3.51. The topological polar surface area (TPSA) is 70.4 Å². The molecule has 2 amide bonds. The van der Waals surface area contributed by atoms with Gasteiger partial charge in [0.2, 0.25) is 0 Å². The van der Waals surface area contributed by atoms with E-state index in [2.05, 4.69) is 15.5 Å². The Morgan fingerprint density at radius 2 is 2.43 bits per heavy atom. The molecule has 0 aromatic carbocycles. The molecule has 1 heterocycles. The molecule has 1 aliphatic rings. The van der Waals surface area contributed by atoms with Gasteiger partial charge in [0.15, 0.2) is 0 Å². The van der Waals surface area contributed by atoms with Gasteiger partial charge in [-0.2, -0.15) is 0 Å². The lowest BCUT2D eigenvalue weighted by Crippen LogP contribution is -2.42. The van der Waals surface area contributed by atoms with E-state index in [-0.39, 0.29) is 6.03 Å². The number of rotatable bonds is 4. The maximum atomic E-state index is 11.0. The van der Waals surface area contributed by atoms with Crippen molar-refractivity contribution in [3.8, 4) is 0 Å². The third-order valence-electron chi connectivity index (χ3n) is 2.51. The molecule has 0 radical (unpaired) electrons. The average Bonchev–Trinajstić information content (AvgIpc) is 2.62. The van der Waals surface area contributed by atoms with Gasteiger partial charge in [0.25, 0.3) is 0 Å². The van der Waals surface area contributed by atoms with Crippen LogP contribution in [0.1, 0.15) is 12.8 Å². The molecule has 14 heavy (non-hydrogen) atoms. The van der Waals surface area contributed by atoms with Crippen LogP contribution in [0.5, 0.6) is 0 Å². The van der Waals surface area contributed by atoms with Crippen LogP contribution in [-0.4, -0.2) is 50.2 Å². The Labute approximate surface area is 85.0 Å². The molecule has 1 aliphatic heterocycles. The van der Waals surface area contributed by atoms with Crippen LogP contribution in [-0.2, 0) is 0 Å². The van der Waals surface area contributed by atoms with Crippen LogP contribution in [0.4, 0.5) is 4.79 Å². The van der Waals surface area contributed by atoms with Crippen LogP contribution in [0, 0.1) is 0 Å². The zero-order valence-corrected chi connectivity index (χ0v) is 8.75. The highest BCUT2D eigenvalue weighted by atomic mass is 16.2. The molecule has 5 heteroatoms. The Morgan fingerprint density at radius 1 is 1.64 bits per heavy atom. The smallest absolute Gasteiger partial charge is 0.314 e. The largest absolute Gasteiger partial charge is 0.341 e. The molecule has 0 spiro atoms. The number of hydrogen-bond donors (Lipinski definition) is 3. The van der Waals surface area contributed by atoms with Crippen LogP contribution < -0.4 is 16.4 Å². The molecule has 4 N–H and O–H groups in total. The summed E-state index contributed by atoms with van der Waals surface area (Å²) in [4.78, 5) is 13.4. The van der Waals surface area contributed by atoms with Crippen LogP contribution in [0.15, 0.2) is 0 Å². The Kier molecular flexibility index (Phi) is 4.69. The summed E-state index contributed by atoms with van der Waals surface area (Å²) in [6.07, 6.45) is 2.07. The van der Waals surface area contributed by atoms with Gasteiger partial charge in [0.05, 0.1) is 0 Å². The van der Waals surface area contributed by atoms with E-state index in [1.807, 2.05) is 0 Å². The average molecular weight is 200 g/mol. The number of nitrogens with one attached hydrogen (secondary N) is 2. The highest BCUT2D eigenvalue weighted by Crippen LogP contribution is 2.08. The summed E-state index contributed by atoms with van der Waals surface area (Å²) < 4.78 is 0. The summed E-state index contributed by atoms with van der Waals surface area (Å²) in [5.74, 6) is 0.